The number of nitrogens with zero attached hydrogens (tertiary/aromatic N) is 2. The number of rotatable bonds is 6. The molecule has 0 atom stereocenters. The molecule has 0 spiro atoms. The number of ether oxygens (including phenoxy) is 1. The molecule has 1 aromatic carbocycles. The summed E-state index contributed by atoms with van der Waals surface area (Å²) in [6.07, 6.45) is 2.40. The number of methoxy groups -OCH3 is 1. The van der Waals surface area contributed by atoms with Crippen molar-refractivity contribution in [3.05, 3.63) is 33.1 Å². The minimum atomic E-state index is -0.232. The van der Waals surface area contributed by atoms with Crippen LogP contribution in [0, 0.1) is 0 Å². The number of anilines is 1. The van der Waals surface area contributed by atoms with Crippen LogP contribution in [-0.4, -0.2) is 50.4 Å². The molecule has 2 rings (SSSR count). The molecule has 0 N–H and O–H groups in total. The van der Waals surface area contributed by atoms with Gasteiger partial charge in [-0.15, -0.1) is 0 Å². The van der Waals surface area contributed by atoms with E-state index in [1.807, 2.05) is 37.2 Å². The predicted octanol–water partition coefficient (Wildman–Crippen LogP) is 3.59. The van der Waals surface area contributed by atoms with Gasteiger partial charge in [-0.2, -0.15) is 0 Å². The molecule has 7 heteroatoms. The van der Waals surface area contributed by atoms with Crippen molar-refractivity contribution >= 4 is 50.6 Å². The third kappa shape index (κ3) is 4.37. The van der Waals surface area contributed by atoms with Crippen LogP contribution in [-0.2, 0) is 9.53 Å². The molecule has 23 heavy (non-hydrogen) atoms. The number of carbonyl (C=O) groups excluding carboxylic acids is 2. The number of amides is 2. The fourth-order valence-corrected chi connectivity index (χ4v) is 3.80. The monoisotopic (exact) mass is 398 g/mol. The topological polar surface area (TPSA) is 49.9 Å². The third-order valence-electron chi connectivity index (χ3n) is 3.36. The first-order valence-electron chi connectivity index (χ1n) is 7.15. The van der Waals surface area contributed by atoms with Gasteiger partial charge in [0, 0.05) is 38.8 Å². The van der Waals surface area contributed by atoms with E-state index in [9.17, 15) is 9.59 Å². The Morgan fingerprint density at radius 3 is 2.70 bits per heavy atom. The van der Waals surface area contributed by atoms with Crippen LogP contribution in [0.1, 0.15) is 12.0 Å². The summed E-state index contributed by atoms with van der Waals surface area (Å²) in [7, 11) is 5.53. The Hall–Kier alpha value is -1.31. The fourth-order valence-electron chi connectivity index (χ4n) is 2.19. The normalized spacial score (nSPS) is 16.5. The van der Waals surface area contributed by atoms with Gasteiger partial charge in [0.05, 0.1) is 10.6 Å². The SMILES string of the molecule is COCCCN1C(=O)S/C(=C/c2ccc(N(C)C)c(Br)c2)C1=O. The zero-order valence-corrected chi connectivity index (χ0v) is 15.7. The molecule has 5 nitrogen and oxygen atoms in total. The summed E-state index contributed by atoms with van der Waals surface area (Å²) in [5.41, 5.74) is 1.93. The van der Waals surface area contributed by atoms with Gasteiger partial charge in [0.1, 0.15) is 0 Å². The number of carbonyl (C=O) groups is 2. The van der Waals surface area contributed by atoms with Gasteiger partial charge in [0.15, 0.2) is 0 Å². The highest BCUT2D eigenvalue weighted by molar-refractivity contribution is 9.10. The predicted molar refractivity (Wildman–Crippen MR) is 97.6 cm³/mol. The summed E-state index contributed by atoms with van der Waals surface area (Å²) in [6.45, 7) is 0.916. The Morgan fingerprint density at radius 1 is 1.35 bits per heavy atom. The molecule has 0 saturated carbocycles. The molecular formula is C16H19BrN2O3S. The van der Waals surface area contributed by atoms with E-state index in [4.69, 9.17) is 4.74 Å². The molecule has 1 saturated heterocycles. The van der Waals surface area contributed by atoms with Crippen LogP contribution in [0.5, 0.6) is 0 Å². The van der Waals surface area contributed by atoms with Crippen LogP contribution in [0.25, 0.3) is 6.08 Å². The minimum absolute atomic E-state index is 0.221. The standard InChI is InChI=1S/C16H19BrN2O3S/c1-18(2)13-6-5-11(9-12(13)17)10-14-15(20)19(16(21)23-14)7-4-8-22-3/h5-6,9-10H,4,7-8H2,1-3H3/b14-10+. The van der Waals surface area contributed by atoms with Crippen molar-refractivity contribution in [2.45, 2.75) is 6.42 Å². The Labute approximate surface area is 148 Å². The summed E-state index contributed by atoms with van der Waals surface area (Å²) in [4.78, 5) is 28.0. The Balaban J connectivity index is 2.15. The van der Waals surface area contributed by atoms with Crippen LogP contribution in [0.2, 0.25) is 0 Å². The van der Waals surface area contributed by atoms with Gasteiger partial charge in [0.25, 0.3) is 11.1 Å². The van der Waals surface area contributed by atoms with Gasteiger partial charge in [-0.3, -0.25) is 14.5 Å². The van der Waals surface area contributed by atoms with Gasteiger partial charge in [-0.1, -0.05) is 6.07 Å². The summed E-state index contributed by atoms with van der Waals surface area (Å²) < 4.78 is 5.90. The second-order valence-electron chi connectivity index (χ2n) is 5.28. The van der Waals surface area contributed by atoms with E-state index in [0.717, 1.165) is 27.5 Å². The first kappa shape index (κ1) is 18.0. The highest BCUT2D eigenvalue weighted by atomic mass is 79.9. The fraction of sp³-hybridized carbons (Fsp3) is 0.375. The summed E-state index contributed by atoms with van der Waals surface area (Å²) in [5.74, 6) is -0.232. The Kier molecular flexibility index (Phi) is 6.26. The highest BCUT2D eigenvalue weighted by Crippen LogP contribution is 2.33. The van der Waals surface area contributed by atoms with E-state index in [0.29, 0.717) is 24.5 Å². The van der Waals surface area contributed by atoms with E-state index in [2.05, 4.69) is 15.9 Å². The maximum Gasteiger partial charge on any atom is 0.293 e. The van der Waals surface area contributed by atoms with E-state index in [1.54, 1.807) is 13.2 Å². The molecule has 1 aliphatic rings. The molecule has 0 unspecified atom stereocenters. The Bertz CT molecular complexity index is 646. The lowest BCUT2D eigenvalue weighted by Crippen LogP contribution is -2.29. The molecule has 0 bridgehead atoms. The second-order valence-corrected chi connectivity index (χ2v) is 7.13. The maximum atomic E-state index is 12.3. The number of thioether (sulfide) groups is 1. The third-order valence-corrected chi connectivity index (χ3v) is 4.90. The van der Waals surface area contributed by atoms with E-state index >= 15 is 0 Å². The van der Waals surface area contributed by atoms with Gasteiger partial charge in [-0.25, -0.2) is 0 Å². The average molecular weight is 399 g/mol. The van der Waals surface area contributed by atoms with Crippen LogP contribution >= 0.6 is 27.7 Å². The highest BCUT2D eigenvalue weighted by Gasteiger charge is 2.34. The summed E-state index contributed by atoms with van der Waals surface area (Å²) in [6, 6.07) is 5.84. The van der Waals surface area contributed by atoms with Crippen LogP contribution in [0.15, 0.2) is 27.6 Å². The van der Waals surface area contributed by atoms with Gasteiger partial charge < -0.3 is 9.64 Å². The molecule has 2 amide bonds. The van der Waals surface area contributed by atoms with Crippen molar-refractivity contribution in [2.24, 2.45) is 0 Å². The lowest BCUT2D eigenvalue weighted by molar-refractivity contribution is -0.122. The first-order valence-corrected chi connectivity index (χ1v) is 8.76. The summed E-state index contributed by atoms with van der Waals surface area (Å²) in [5, 5.41) is -0.221. The number of imide groups is 1. The van der Waals surface area contributed by atoms with Gasteiger partial charge in [-0.05, 0) is 57.9 Å². The molecule has 124 valence electrons. The maximum absolute atomic E-state index is 12.3. The zero-order chi connectivity index (χ0) is 17.0. The lowest BCUT2D eigenvalue weighted by Gasteiger charge is -2.14. The number of hydrogen-bond acceptors (Lipinski definition) is 5. The van der Waals surface area contributed by atoms with Crippen LogP contribution in [0.4, 0.5) is 10.5 Å². The lowest BCUT2D eigenvalue weighted by atomic mass is 10.2. The second kappa shape index (κ2) is 7.99. The van der Waals surface area contributed by atoms with E-state index in [-0.39, 0.29) is 11.1 Å². The average Bonchev–Trinajstić information content (AvgIpc) is 2.74. The summed E-state index contributed by atoms with van der Waals surface area (Å²) >= 11 is 4.51. The van der Waals surface area contributed by atoms with Gasteiger partial charge >= 0.3 is 0 Å². The quantitative estimate of drug-likeness (QED) is 0.541. The number of hydrogen-bond donors (Lipinski definition) is 0. The van der Waals surface area contributed by atoms with Crippen LogP contribution in [0.3, 0.4) is 0 Å². The van der Waals surface area contributed by atoms with Crippen molar-refractivity contribution in [3.63, 3.8) is 0 Å². The molecule has 0 aliphatic carbocycles. The molecule has 1 aliphatic heterocycles. The largest absolute Gasteiger partial charge is 0.385 e. The van der Waals surface area contributed by atoms with Crippen molar-refractivity contribution < 1.29 is 14.3 Å². The van der Waals surface area contributed by atoms with E-state index < -0.39 is 0 Å². The van der Waals surface area contributed by atoms with Crippen molar-refractivity contribution in [2.75, 3.05) is 39.3 Å². The van der Waals surface area contributed by atoms with E-state index in [1.165, 1.54) is 4.90 Å². The van der Waals surface area contributed by atoms with Gasteiger partial charge in [0.2, 0.25) is 0 Å². The molecule has 0 radical (unpaired) electrons. The molecule has 0 aromatic heterocycles. The zero-order valence-electron chi connectivity index (χ0n) is 13.3. The molecular weight excluding hydrogens is 380 g/mol. The minimum Gasteiger partial charge on any atom is -0.385 e. The Morgan fingerprint density at radius 2 is 2.09 bits per heavy atom. The van der Waals surface area contributed by atoms with Crippen molar-refractivity contribution in [1.82, 2.24) is 4.90 Å². The smallest absolute Gasteiger partial charge is 0.293 e. The first-order chi connectivity index (χ1) is 10.9. The number of benzene rings is 1. The molecule has 1 aromatic rings. The van der Waals surface area contributed by atoms with Crippen LogP contribution < -0.4 is 4.90 Å². The number of halogens is 1. The molecule has 1 heterocycles. The molecule has 1 fully saturated rings. The van der Waals surface area contributed by atoms with Crippen molar-refractivity contribution in [1.29, 1.82) is 0 Å². The van der Waals surface area contributed by atoms with Crippen molar-refractivity contribution in [3.8, 4) is 0 Å².